The van der Waals surface area contributed by atoms with Gasteiger partial charge in [-0.2, -0.15) is 0 Å². The van der Waals surface area contributed by atoms with Crippen LogP contribution in [0.3, 0.4) is 0 Å². The van der Waals surface area contributed by atoms with Gasteiger partial charge in [-0.05, 0) is 49.4 Å². The summed E-state index contributed by atoms with van der Waals surface area (Å²) in [5.74, 6) is 0.972. The summed E-state index contributed by atoms with van der Waals surface area (Å²) in [6.07, 6.45) is 6.66. The lowest BCUT2D eigenvalue weighted by Gasteiger charge is -2.38. The molecule has 112 valence electrons. The van der Waals surface area contributed by atoms with Crippen molar-refractivity contribution in [2.45, 2.75) is 37.8 Å². The van der Waals surface area contributed by atoms with Crippen molar-refractivity contribution in [1.82, 2.24) is 4.98 Å². The van der Waals surface area contributed by atoms with Gasteiger partial charge in [-0.1, -0.05) is 18.2 Å². The molecule has 2 aliphatic rings. The highest BCUT2D eigenvalue weighted by Crippen LogP contribution is 2.41. The van der Waals surface area contributed by atoms with Gasteiger partial charge in [-0.15, -0.1) is 0 Å². The molecule has 0 saturated carbocycles. The molecule has 0 fully saturated rings. The zero-order valence-electron chi connectivity index (χ0n) is 12.5. The summed E-state index contributed by atoms with van der Waals surface area (Å²) >= 11 is 0. The minimum absolute atomic E-state index is 0.547. The Labute approximate surface area is 130 Å². The first-order valence-electron chi connectivity index (χ1n) is 7.91. The molecule has 0 saturated heterocycles. The number of hydrogen-bond acceptors (Lipinski definition) is 4. The zero-order chi connectivity index (χ0) is 15.0. The molecule has 0 spiro atoms. The fourth-order valence-electron chi connectivity index (χ4n) is 3.54. The lowest BCUT2D eigenvalue weighted by atomic mass is 9.81. The Hall–Kier alpha value is -2.20. The van der Waals surface area contributed by atoms with Gasteiger partial charge >= 0.3 is 0 Å². The van der Waals surface area contributed by atoms with Crippen LogP contribution < -0.4 is 11.1 Å². The number of nitrogens with two attached hydrogens (primary N) is 1. The molecule has 0 bridgehead atoms. The Morgan fingerprint density at radius 2 is 2.09 bits per heavy atom. The third kappa shape index (κ3) is 2.29. The van der Waals surface area contributed by atoms with Crippen molar-refractivity contribution in [3.8, 4) is 0 Å². The molecule has 2 aromatic rings. The lowest BCUT2D eigenvalue weighted by Crippen LogP contribution is -2.43. The fourth-order valence-corrected chi connectivity index (χ4v) is 3.54. The van der Waals surface area contributed by atoms with E-state index in [0.29, 0.717) is 0 Å². The van der Waals surface area contributed by atoms with E-state index in [1.165, 1.54) is 11.1 Å². The van der Waals surface area contributed by atoms with Crippen molar-refractivity contribution in [2.75, 3.05) is 5.32 Å². The van der Waals surface area contributed by atoms with Gasteiger partial charge in [0.25, 0.3) is 0 Å². The molecular weight excluding hydrogens is 272 g/mol. The number of aromatic nitrogens is 1. The highest BCUT2D eigenvalue weighted by atomic mass is 15.1. The Morgan fingerprint density at radius 3 is 2.95 bits per heavy atom. The van der Waals surface area contributed by atoms with Gasteiger partial charge in [0.15, 0.2) is 0 Å². The van der Waals surface area contributed by atoms with E-state index in [9.17, 15) is 0 Å². The smallest absolute Gasteiger partial charge is 0.138 e. The van der Waals surface area contributed by atoms with Crippen LogP contribution in [0, 0.1) is 0 Å². The second-order valence-electron chi connectivity index (χ2n) is 6.12. The van der Waals surface area contributed by atoms with Gasteiger partial charge in [0.1, 0.15) is 11.5 Å². The number of amidine groups is 1. The maximum absolute atomic E-state index is 6.64. The molecule has 3 N–H and O–H groups in total. The summed E-state index contributed by atoms with van der Waals surface area (Å²) < 4.78 is 0. The molecular formula is C18H20N4. The van der Waals surface area contributed by atoms with Crippen molar-refractivity contribution in [3.63, 3.8) is 0 Å². The number of rotatable bonds is 3. The summed E-state index contributed by atoms with van der Waals surface area (Å²) in [7, 11) is 0. The van der Waals surface area contributed by atoms with Crippen LogP contribution in [-0.4, -0.2) is 10.8 Å². The molecule has 4 heteroatoms. The molecule has 1 aromatic carbocycles. The average molecular weight is 292 g/mol. The standard InChI is InChI=1S/C18H20N4/c19-18-11-4-6-13-5-3-8-15(17(13)18)21-16(22-18)10-9-14-7-1-2-12-20-14/h1-3,5,7-8,12H,4,6,9-11,19H2,(H,21,22). The van der Waals surface area contributed by atoms with E-state index < -0.39 is 5.66 Å². The third-order valence-electron chi connectivity index (χ3n) is 4.55. The van der Waals surface area contributed by atoms with Crippen molar-refractivity contribution < 1.29 is 0 Å². The molecule has 1 aliphatic heterocycles. The molecule has 2 heterocycles. The highest BCUT2D eigenvalue weighted by Gasteiger charge is 2.37. The monoisotopic (exact) mass is 292 g/mol. The van der Waals surface area contributed by atoms with Crippen LogP contribution in [0.25, 0.3) is 0 Å². The molecule has 1 aliphatic carbocycles. The summed E-state index contributed by atoms with van der Waals surface area (Å²) in [4.78, 5) is 9.23. The van der Waals surface area contributed by atoms with Crippen molar-refractivity contribution in [3.05, 3.63) is 59.4 Å². The van der Waals surface area contributed by atoms with Crippen molar-refractivity contribution in [2.24, 2.45) is 10.7 Å². The Morgan fingerprint density at radius 1 is 1.14 bits per heavy atom. The summed E-state index contributed by atoms with van der Waals surface area (Å²) in [6.45, 7) is 0. The third-order valence-corrected chi connectivity index (χ3v) is 4.55. The Balaban J connectivity index is 1.61. The first kappa shape index (κ1) is 13.5. The maximum Gasteiger partial charge on any atom is 0.138 e. The van der Waals surface area contributed by atoms with Gasteiger partial charge < -0.3 is 11.1 Å². The quantitative estimate of drug-likeness (QED) is 0.914. The summed E-state index contributed by atoms with van der Waals surface area (Å²) in [5.41, 5.74) is 10.8. The van der Waals surface area contributed by atoms with Crippen LogP contribution in [-0.2, 0) is 18.5 Å². The topological polar surface area (TPSA) is 63.3 Å². The first-order valence-corrected chi connectivity index (χ1v) is 7.91. The van der Waals surface area contributed by atoms with E-state index in [0.717, 1.165) is 49.3 Å². The number of hydrogen-bond donors (Lipinski definition) is 2. The number of nitrogens with zero attached hydrogens (tertiary/aromatic N) is 2. The van der Waals surface area contributed by atoms with Crippen molar-refractivity contribution in [1.29, 1.82) is 0 Å². The van der Waals surface area contributed by atoms with Crippen molar-refractivity contribution >= 4 is 11.5 Å². The van der Waals surface area contributed by atoms with Crippen LogP contribution in [0.2, 0.25) is 0 Å². The van der Waals surface area contributed by atoms with Gasteiger partial charge in [-0.25, -0.2) is 4.99 Å². The predicted octanol–water partition coefficient (Wildman–Crippen LogP) is 2.99. The molecule has 0 radical (unpaired) electrons. The number of aryl methyl sites for hydroxylation is 2. The second kappa shape index (κ2) is 5.21. The molecule has 4 nitrogen and oxygen atoms in total. The minimum atomic E-state index is -0.547. The average Bonchev–Trinajstić information content (AvgIpc) is 2.54. The maximum atomic E-state index is 6.64. The van der Waals surface area contributed by atoms with Gasteiger partial charge in [0.2, 0.25) is 0 Å². The van der Waals surface area contributed by atoms with Crippen LogP contribution in [0.5, 0.6) is 0 Å². The van der Waals surface area contributed by atoms with Crippen LogP contribution in [0.15, 0.2) is 47.6 Å². The minimum Gasteiger partial charge on any atom is -0.344 e. The van der Waals surface area contributed by atoms with Crippen LogP contribution in [0.4, 0.5) is 5.69 Å². The van der Waals surface area contributed by atoms with E-state index in [1.807, 2.05) is 24.4 Å². The van der Waals surface area contributed by atoms with Crippen LogP contribution >= 0.6 is 0 Å². The van der Waals surface area contributed by atoms with E-state index in [2.05, 4.69) is 28.5 Å². The largest absolute Gasteiger partial charge is 0.344 e. The second-order valence-corrected chi connectivity index (χ2v) is 6.12. The summed E-state index contributed by atoms with van der Waals surface area (Å²) in [6, 6.07) is 12.4. The number of nitrogens with one attached hydrogen (secondary N) is 1. The zero-order valence-corrected chi connectivity index (χ0v) is 12.5. The molecule has 1 unspecified atom stereocenters. The SMILES string of the molecule is NC12CCCc3cccc(c31)NC(CCc1ccccn1)=N2. The molecule has 0 amide bonds. The lowest BCUT2D eigenvalue weighted by molar-refractivity contribution is 0.387. The van der Waals surface area contributed by atoms with Gasteiger partial charge in [-0.3, -0.25) is 4.98 Å². The summed E-state index contributed by atoms with van der Waals surface area (Å²) in [5, 5.41) is 3.47. The number of benzene rings is 1. The van der Waals surface area contributed by atoms with Crippen LogP contribution in [0.1, 0.15) is 36.1 Å². The Bertz CT molecular complexity index is 723. The first-order chi connectivity index (χ1) is 10.7. The van der Waals surface area contributed by atoms with Gasteiger partial charge in [0.05, 0.1) is 0 Å². The fraction of sp³-hybridized carbons (Fsp3) is 0.333. The molecule has 4 rings (SSSR count). The highest BCUT2D eigenvalue weighted by molar-refractivity contribution is 5.98. The van der Waals surface area contributed by atoms with E-state index >= 15 is 0 Å². The number of pyridine rings is 1. The Kier molecular flexibility index (Phi) is 3.19. The normalized spacial score (nSPS) is 22.5. The van der Waals surface area contributed by atoms with E-state index in [-0.39, 0.29) is 0 Å². The number of aliphatic imine (C=N–C) groups is 1. The van der Waals surface area contributed by atoms with E-state index in [4.69, 9.17) is 10.7 Å². The van der Waals surface area contributed by atoms with Gasteiger partial charge in [0, 0.05) is 29.6 Å². The number of anilines is 1. The molecule has 1 aromatic heterocycles. The molecule has 22 heavy (non-hydrogen) atoms. The predicted molar refractivity (Wildman–Crippen MR) is 88.9 cm³/mol. The molecule has 1 atom stereocenters. The van der Waals surface area contributed by atoms with E-state index in [1.54, 1.807) is 0 Å².